The summed E-state index contributed by atoms with van der Waals surface area (Å²) in [6.45, 7) is 5.69. The number of carbonyl (C=O) groups is 1. The van der Waals surface area contributed by atoms with Crippen molar-refractivity contribution in [1.82, 2.24) is 15.2 Å². The van der Waals surface area contributed by atoms with Gasteiger partial charge in [0.15, 0.2) is 0 Å². The fourth-order valence-corrected chi connectivity index (χ4v) is 2.69. The summed E-state index contributed by atoms with van der Waals surface area (Å²) < 4.78 is 1.41. The van der Waals surface area contributed by atoms with Crippen LogP contribution in [0.15, 0.2) is 46.3 Å². The van der Waals surface area contributed by atoms with Crippen LogP contribution in [0.4, 0.5) is 0 Å². The van der Waals surface area contributed by atoms with Gasteiger partial charge < -0.3 is 10.2 Å². The van der Waals surface area contributed by atoms with E-state index in [2.05, 4.69) is 15.6 Å². The average molecular weight is 380 g/mol. The molecular formula is C20H20N4O4. The summed E-state index contributed by atoms with van der Waals surface area (Å²) in [6, 6.07) is 9.28. The fourth-order valence-electron chi connectivity index (χ4n) is 2.69. The summed E-state index contributed by atoms with van der Waals surface area (Å²) in [7, 11) is 0. The normalized spacial score (nSPS) is 11.1. The molecule has 0 aliphatic rings. The van der Waals surface area contributed by atoms with Crippen LogP contribution in [0.3, 0.4) is 0 Å². The number of carbonyl (C=O) groups excluding carboxylic acids is 1. The van der Waals surface area contributed by atoms with Gasteiger partial charge in [-0.15, -0.1) is 0 Å². The zero-order valence-corrected chi connectivity index (χ0v) is 15.6. The van der Waals surface area contributed by atoms with Gasteiger partial charge in [-0.05, 0) is 56.2 Å². The standard InChI is InChI=1S/C20H20N4O4/c1-11-4-5-14(8-12(11)2)24-20(28)17(13(3)23-24)10-21-22-19(27)16-7-6-15(25)9-18(16)26/h4-10,23,25-26H,1-3H3,(H,22,27). The van der Waals surface area contributed by atoms with Gasteiger partial charge in [0.25, 0.3) is 11.5 Å². The highest BCUT2D eigenvalue weighted by molar-refractivity contribution is 5.97. The number of aromatic amines is 1. The third-order valence-electron chi connectivity index (χ3n) is 4.45. The third kappa shape index (κ3) is 3.66. The molecule has 0 saturated carbocycles. The molecule has 0 unspecified atom stereocenters. The summed E-state index contributed by atoms with van der Waals surface area (Å²) in [5.41, 5.74) is 5.69. The first-order chi connectivity index (χ1) is 13.3. The van der Waals surface area contributed by atoms with E-state index < -0.39 is 5.91 Å². The zero-order chi connectivity index (χ0) is 20.4. The Balaban J connectivity index is 1.83. The van der Waals surface area contributed by atoms with Crippen molar-refractivity contribution in [2.24, 2.45) is 5.10 Å². The van der Waals surface area contributed by atoms with E-state index >= 15 is 0 Å². The second-order valence-corrected chi connectivity index (χ2v) is 6.46. The van der Waals surface area contributed by atoms with Crippen molar-refractivity contribution in [3.05, 3.63) is 74.7 Å². The van der Waals surface area contributed by atoms with Gasteiger partial charge in [-0.2, -0.15) is 5.10 Å². The Kier molecular flexibility index (Phi) is 5.04. The summed E-state index contributed by atoms with van der Waals surface area (Å²) >= 11 is 0. The number of hydrogen-bond acceptors (Lipinski definition) is 5. The molecule has 4 N–H and O–H groups in total. The molecule has 28 heavy (non-hydrogen) atoms. The Labute approximate surface area is 160 Å². The molecule has 3 rings (SSSR count). The van der Waals surface area contributed by atoms with Crippen LogP contribution >= 0.6 is 0 Å². The zero-order valence-electron chi connectivity index (χ0n) is 15.6. The maximum atomic E-state index is 12.7. The first-order valence-electron chi connectivity index (χ1n) is 8.52. The molecule has 144 valence electrons. The van der Waals surface area contributed by atoms with E-state index in [1.165, 1.54) is 23.0 Å². The minimum atomic E-state index is -0.670. The lowest BCUT2D eigenvalue weighted by Crippen LogP contribution is -2.20. The van der Waals surface area contributed by atoms with Crippen LogP contribution in [0.2, 0.25) is 0 Å². The van der Waals surface area contributed by atoms with E-state index in [0.29, 0.717) is 16.9 Å². The molecule has 0 aliphatic heterocycles. The lowest BCUT2D eigenvalue weighted by atomic mass is 10.1. The molecule has 1 amide bonds. The first-order valence-corrected chi connectivity index (χ1v) is 8.52. The van der Waals surface area contributed by atoms with E-state index in [9.17, 15) is 19.8 Å². The molecule has 0 spiro atoms. The third-order valence-corrected chi connectivity index (χ3v) is 4.45. The maximum absolute atomic E-state index is 12.7. The smallest absolute Gasteiger partial charge is 0.280 e. The molecule has 2 aromatic carbocycles. The number of amides is 1. The number of phenols is 2. The highest BCUT2D eigenvalue weighted by Gasteiger charge is 2.13. The van der Waals surface area contributed by atoms with E-state index in [0.717, 1.165) is 17.2 Å². The molecule has 0 radical (unpaired) electrons. The highest BCUT2D eigenvalue weighted by Crippen LogP contribution is 2.22. The van der Waals surface area contributed by atoms with Gasteiger partial charge in [0.05, 0.1) is 23.0 Å². The van der Waals surface area contributed by atoms with E-state index in [1.807, 2.05) is 32.0 Å². The minimum absolute atomic E-state index is 0.0479. The van der Waals surface area contributed by atoms with Crippen molar-refractivity contribution in [3.8, 4) is 17.2 Å². The van der Waals surface area contributed by atoms with Gasteiger partial charge in [0, 0.05) is 11.8 Å². The molecule has 0 fully saturated rings. The van der Waals surface area contributed by atoms with Crippen molar-refractivity contribution < 1.29 is 15.0 Å². The first kappa shape index (κ1) is 19.0. The van der Waals surface area contributed by atoms with Gasteiger partial charge in [-0.3, -0.25) is 14.7 Å². The second-order valence-electron chi connectivity index (χ2n) is 6.46. The number of nitrogens with one attached hydrogen (secondary N) is 2. The predicted octanol–water partition coefficient (Wildman–Crippen LogP) is 2.27. The van der Waals surface area contributed by atoms with Crippen LogP contribution in [0, 0.1) is 20.8 Å². The van der Waals surface area contributed by atoms with Crippen molar-refractivity contribution in [2.45, 2.75) is 20.8 Å². The van der Waals surface area contributed by atoms with E-state index in [1.54, 1.807) is 6.92 Å². The summed E-state index contributed by atoms with van der Waals surface area (Å²) in [5.74, 6) is -1.20. The SMILES string of the molecule is Cc1ccc(-n2[nH]c(C)c(C=NNC(=O)c3ccc(O)cc3O)c2=O)cc1C. The monoisotopic (exact) mass is 380 g/mol. The van der Waals surface area contributed by atoms with Gasteiger partial charge in [-0.1, -0.05) is 6.07 Å². The van der Waals surface area contributed by atoms with Crippen molar-refractivity contribution in [3.63, 3.8) is 0 Å². The van der Waals surface area contributed by atoms with Gasteiger partial charge >= 0.3 is 0 Å². The van der Waals surface area contributed by atoms with Crippen LogP contribution in [-0.4, -0.2) is 32.1 Å². The molecule has 1 heterocycles. The number of hydrazone groups is 1. The van der Waals surface area contributed by atoms with Crippen LogP contribution in [0.5, 0.6) is 11.5 Å². The maximum Gasteiger partial charge on any atom is 0.280 e. The van der Waals surface area contributed by atoms with E-state index in [-0.39, 0.29) is 22.6 Å². The molecule has 8 heteroatoms. The Morgan fingerprint density at radius 3 is 2.54 bits per heavy atom. The number of benzene rings is 2. The molecule has 0 saturated heterocycles. The van der Waals surface area contributed by atoms with Crippen molar-refractivity contribution >= 4 is 12.1 Å². The number of nitrogens with zero attached hydrogens (tertiary/aromatic N) is 2. The number of phenolic OH excluding ortho intramolecular Hbond substituents is 2. The summed E-state index contributed by atoms with van der Waals surface area (Å²) in [6.07, 6.45) is 1.25. The van der Waals surface area contributed by atoms with Gasteiger partial charge in [0.1, 0.15) is 11.5 Å². The Bertz CT molecular complexity index is 1140. The molecule has 1 aromatic heterocycles. The quantitative estimate of drug-likeness (QED) is 0.410. The summed E-state index contributed by atoms with van der Waals surface area (Å²) in [5, 5.41) is 25.8. The second kappa shape index (κ2) is 7.43. The average Bonchev–Trinajstić information content (AvgIpc) is 2.92. The van der Waals surface area contributed by atoms with E-state index in [4.69, 9.17) is 0 Å². The molecule has 3 aromatic rings. The number of rotatable bonds is 4. The molecular weight excluding hydrogens is 360 g/mol. The van der Waals surface area contributed by atoms with Gasteiger partial charge in [0.2, 0.25) is 0 Å². The molecule has 0 atom stereocenters. The number of hydrogen-bond donors (Lipinski definition) is 4. The van der Waals surface area contributed by atoms with Crippen molar-refractivity contribution in [1.29, 1.82) is 0 Å². The van der Waals surface area contributed by atoms with Crippen molar-refractivity contribution in [2.75, 3.05) is 0 Å². The number of aromatic hydroxyl groups is 2. The highest BCUT2D eigenvalue weighted by atomic mass is 16.3. The fraction of sp³-hybridized carbons (Fsp3) is 0.150. The lowest BCUT2D eigenvalue weighted by molar-refractivity contribution is 0.0952. The number of aromatic nitrogens is 2. The minimum Gasteiger partial charge on any atom is -0.508 e. The molecule has 0 bridgehead atoms. The predicted molar refractivity (Wildman–Crippen MR) is 105 cm³/mol. The lowest BCUT2D eigenvalue weighted by Gasteiger charge is -2.05. The van der Waals surface area contributed by atoms with Crippen LogP contribution in [0.1, 0.15) is 32.7 Å². The number of aryl methyl sites for hydroxylation is 3. The number of H-pyrrole nitrogens is 1. The largest absolute Gasteiger partial charge is 0.508 e. The Morgan fingerprint density at radius 1 is 1.11 bits per heavy atom. The molecule has 0 aliphatic carbocycles. The summed E-state index contributed by atoms with van der Waals surface area (Å²) in [4.78, 5) is 24.8. The topological polar surface area (TPSA) is 120 Å². The Morgan fingerprint density at radius 2 is 1.86 bits per heavy atom. The van der Waals surface area contributed by atoms with Crippen LogP contribution < -0.4 is 11.0 Å². The Hall–Kier alpha value is -3.81. The van der Waals surface area contributed by atoms with Crippen LogP contribution in [-0.2, 0) is 0 Å². The van der Waals surface area contributed by atoms with Crippen LogP contribution in [0.25, 0.3) is 5.69 Å². The van der Waals surface area contributed by atoms with Gasteiger partial charge in [-0.25, -0.2) is 10.1 Å². The molecule has 8 nitrogen and oxygen atoms in total.